The molecule has 15 heavy (non-hydrogen) atoms. The highest BCUT2D eigenvalue weighted by molar-refractivity contribution is 5.74. The molecule has 0 spiro atoms. The fourth-order valence-corrected chi connectivity index (χ4v) is 1.52. The van der Waals surface area contributed by atoms with Gasteiger partial charge in [-0.15, -0.1) is 0 Å². The van der Waals surface area contributed by atoms with Gasteiger partial charge in [-0.05, 0) is 25.6 Å². The van der Waals surface area contributed by atoms with Gasteiger partial charge in [0, 0.05) is 12.1 Å². The fraction of sp³-hybridized carbons (Fsp3) is 0.462. The Hall–Kier alpha value is -1.15. The quantitative estimate of drug-likeness (QED) is 0.665. The summed E-state index contributed by atoms with van der Waals surface area (Å²) in [5.41, 5.74) is 2.01. The molecular formula is C13H19NO. The number of unbranched alkanes of at least 4 members (excludes halogenated alkanes) is 1. The Balaban J connectivity index is 2.45. The number of carbonyl (C=O) groups excluding carboxylic acids is 1. The minimum atomic E-state index is 0.745. The van der Waals surface area contributed by atoms with E-state index in [4.69, 9.17) is 0 Å². The van der Waals surface area contributed by atoms with Crippen LogP contribution < -0.4 is 0 Å². The molecule has 0 saturated heterocycles. The lowest BCUT2D eigenvalue weighted by atomic mass is 10.1. The normalized spacial score (nSPS) is 10.6. The summed E-state index contributed by atoms with van der Waals surface area (Å²) in [7, 11) is 2.13. The Labute approximate surface area is 91.9 Å². The third-order valence-electron chi connectivity index (χ3n) is 2.46. The van der Waals surface area contributed by atoms with E-state index >= 15 is 0 Å². The van der Waals surface area contributed by atoms with Crippen LogP contribution in [0.3, 0.4) is 0 Å². The zero-order chi connectivity index (χ0) is 11.1. The highest BCUT2D eigenvalue weighted by atomic mass is 16.1. The molecule has 0 heterocycles. The molecule has 0 bridgehead atoms. The molecule has 82 valence electrons. The molecule has 0 atom stereocenters. The van der Waals surface area contributed by atoms with Crippen LogP contribution in [0, 0.1) is 0 Å². The van der Waals surface area contributed by atoms with Gasteiger partial charge in [0.05, 0.1) is 0 Å². The molecule has 0 fully saturated rings. The maximum atomic E-state index is 10.5. The molecule has 0 aliphatic heterocycles. The molecule has 0 aromatic heterocycles. The molecule has 1 aromatic rings. The summed E-state index contributed by atoms with van der Waals surface area (Å²) in [5, 5.41) is 0. The summed E-state index contributed by atoms with van der Waals surface area (Å²) >= 11 is 0. The zero-order valence-electron chi connectivity index (χ0n) is 9.57. The Bertz CT molecular complexity index is 292. The van der Waals surface area contributed by atoms with Crippen molar-refractivity contribution < 1.29 is 4.79 Å². The summed E-state index contributed by atoms with van der Waals surface area (Å²) in [6.07, 6.45) is 3.35. The lowest BCUT2D eigenvalue weighted by molar-refractivity contribution is 0.112. The maximum Gasteiger partial charge on any atom is 0.150 e. The van der Waals surface area contributed by atoms with Gasteiger partial charge in [0.2, 0.25) is 0 Å². The molecule has 0 aliphatic rings. The predicted molar refractivity (Wildman–Crippen MR) is 63.1 cm³/mol. The van der Waals surface area contributed by atoms with Crippen molar-refractivity contribution in [1.82, 2.24) is 4.90 Å². The Morgan fingerprint density at radius 2 is 1.93 bits per heavy atom. The summed E-state index contributed by atoms with van der Waals surface area (Å²) in [5.74, 6) is 0. The fourth-order valence-electron chi connectivity index (χ4n) is 1.52. The molecule has 0 saturated carbocycles. The van der Waals surface area contributed by atoms with Crippen molar-refractivity contribution in [2.75, 3.05) is 13.6 Å². The van der Waals surface area contributed by atoms with Crippen LogP contribution in [0.1, 0.15) is 35.7 Å². The van der Waals surface area contributed by atoms with E-state index in [1.165, 1.54) is 18.4 Å². The monoisotopic (exact) mass is 205 g/mol. The van der Waals surface area contributed by atoms with Gasteiger partial charge < -0.3 is 4.90 Å². The number of rotatable bonds is 6. The Morgan fingerprint density at radius 1 is 1.27 bits per heavy atom. The molecule has 0 N–H and O–H groups in total. The predicted octanol–water partition coefficient (Wildman–Crippen LogP) is 2.73. The molecule has 2 heteroatoms. The van der Waals surface area contributed by atoms with E-state index in [0.717, 1.165) is 24.9 Å². The molecule has 0 aliphatic carbocycles. The second-order valence-corrected chi connectivity index (χ2v) is 3.95. The van der Waals surface area contributed by atoms with Crippen molar-refractivity contribution in [3.8, 4) is 0 Å². The number of hydrogen-bond acceptors (Lipinski definition) is 2. The first-order chi connectivity index (χ1) is 7.26. The summed E-state index contributed by atoms with van der Waals surface area (Å²) in [6, 6.07) is 7.78. The van der Waals surface area contributed by atoms with Gasteiger partial charge in [0.25, 0.3) is 0 Å². The number of hydrogen-bond donors (Lipinski definition) is 0. The summed E-state index contributed by atoms with van der Waals surface area (Å²) < 4.78 is 0. The molecule has 0 radical (unpaired) electrons. The largest absolute Gasteiger partial charge is 0.302 e. The van der Waals surface area contributed by atoms with Crippen molar-refractivity contribution in [1.29, 1.82) is 0 Å². The van der Waals surface area contributed by atoms with Crippen molar-refractivity contribution in [3.05, 3.63) is 35.4 Å². The first kappa shape index (κ1) is 11.9. The SMILES string of the molecule is CCCCN(C)Cc1ccc(C=O)cc1. The molecule has 1 aromatic carbocycles. The number of benzene rings is 1. The van der Waals surface area contributed by atoms with Crippen molar-refractivity contribution in [3.63, 3.8) is 0 Å². The summed E-state index contributed by atoms with van der Waals surface area (Å²) in [4.78, 5) is 12.8. The smallest absolute Gasteiger partial charge is 0.150 e. The van der Waals surface area contributed by atoms with Gasteiger partial charge in [0.15, 0.2) is 0 Å². The van der Waals surface area contributed by atoms with Crippen LogP contribution in [0.4, 0.5) is 0 Å². The van der Waals surface area contributed by atoms with Crippen molar-refractivity contribution >= 4 is 6.29 Å². The zero-order valence-corrected chi connectivity index (χ0v) is 9.57. The number of nitrogens with zero attached hydrogens (tertiary/aromatic N) is 1. The average Bonchev–Trinajstić information content (AvgIpc) is 2.27. The van der Waals surface area contributed by atoms with E-state index in [2.05, 4.69) is 18.9 Å². The summed E-state index contributed by atoms with van der Waals surface area (Å²) in [6.45, 7) is 4.29. The number of aldehydes is 1. The van der Waals surface area contributed by atoms with Crippen LogP contribution in [-0.4, -0.2) is 24.8 Å². The Kier molecular flexibility index (Phi) is 5.05. The highest BCUT2D eigenvalue weighted by Crippen LogP contribution is 2.06. The Morgan fingerprint density at radius 3 is 2.47 bits per heavy atom. The third kappa shape index (κ3) is 4.26. The van der Waals surface area contributed by atoms with E-state index in [1.54, 1.807) is 0 Å². The van der Waals surface area contributed by atoms with Gasteiger partial charge in [-0.3, -0.25) is 4.79 Å². The molecule has 2 nitrogen and oxygen atoms in total. The van der Waals surface area contributed by atoms with Crippen molar-refractivity contribution in [2.24, 2.45) is 0 Å². The van der Waals surface area contributed by atoms with Crippen LogP contribution in [0.15, 0.2) is 24.3 Å². The van der Waals surface area contributed by atoms with Crippen LogP contribution in [0.25, 0.3) is 0 Å². The second-order valence-electron chi connectivity index (χ2n) is 3.95. The van der Waals surface area contributed by atoms with Gasteiger partial charge in [-0.25, -0.2) is 0 Å². The second kappa shape index (κ2) is 6.36. The van der Waals surface area contributed by atoms with Gasteiger partial charge in [-0.2, -0.15) is 0 Å². The van der Waals surface area contributed by atoms with Crippen molar-refractivity contribution in [2.45, 2.75) is 26.3 Å². The standard InChI is InChI=1S/C13H19NO/c1-3-4-9-14(2)10-12-5-7-13(11-15)8-6-12/h5-8,11H,3-4,9-10H2,1-2H3. The van der Waals surface area contributed by atoms with E-state index < -0.39 is 0 Å². The first-order valence-electron chi connectivity index (χ1n) is 5.49. The van der Waals surface area contributed by atoms with Crippen LogP contribution >= 0.6 is 0 Å². The molecule has 0 amide bonds. The molecule has 1 rings (SSSR count). The first-order valence-corrected chi connectivity index (χ1v) is 5.49. The van der Waals surface area contributed by atoms with Crippen LogP contribution in [0.5, 0.6) is 0 Å². The maximum absolute atomic E-state index is 10.5. The lowest BCUT2D eigenvalue weighted by Gasteiger charge is -2.15. The molecule has 0 unspecified atom stereocenters. The number of carbonyl (C=O) groups is 1. The van der Waals surface area contributed by atoms with Gasteiger partial charge in [-0.1, -0.05) is 37.6 Å². The highest BCUT2D eigenvalue weighted by Gasteiger charge is 1.99. The van der Waals surface area contributed by atoms with E-state index in [1.807, 2.05) is 24.3 Å². The van der Waals surface area contributed by atoms with Gasteiger partial charge in [0.1, 0.15) is 6.29 Å². The minimum Gasteiger partial charge on any atom is -0.302 e. The van der Waals surface area contributed by atoms with E-state index in [-0.39, 0.29) is 0 Å². The van der Waals surface area contributed by atoms with Crippen LogP contribution in [-0.2, 0) is 6.54 Å². The van der Waals surface area contributed by atoms with E-state index in [0.29, 0.717) is 0 Å². The topological polar surface area (TPSA) is 20.3 Å². The average molecular weight is 205 g/mol. The lowest BCUT2D eigenvalue weighted by Crippen LogP contribution is -2.18. The van der Waals surface area contributed by atoms with Gasteiger partial charge >= 0.3 is 0 Å². The third-order valence-corrected chi connectivity index (χ3v) is 2.46. The molecular weight excluding hydrogens is 186 g/mol. The minimum absolute atomic E-state index is 0.745. The van der Waals surface area contributed by atoms with Crippen LogP contribution in [0.2, 0.25) is 0 Å². The van der Waals surface area contributed by atoms with E-state index in [9.17, 15) is 4.79 Å².